The van der Waals surface area contributed by atoms with Gasteiger partial charge in [-0.1, -0.05) is 25.1 Å². The summed E-state index contributed by atoms with van der Waals surface area (Å²) in [6.07, 6.45) is 4.94. The molecule has 2 heterocycles. The van der Waals surface area contributed by atoms with Crippen molar-refractivity contribution in [2.24, 2.45) is 13.0 Å². The molecule has 1 aliphatic rings. The summed E-state index contributed by atoms with van der Waals surface area (Å²) in [7, 11) is 1.98. The molecule has 3 rings (SSSR count). The third-order valence-electron chi connectivity index (χ3n) is 4.52. The van der Waals surface area contributed by atoms with Crippen molar-refractivity contribution in [2.75, 3.05) is 12.3 Å². The molecular weight excluding hydrogens is 340 g/mol. The molecule has 1 unspecified atom stereocenters. The third-order valence-corrected chi connectivity index (χ3v) is 6.78. The number of aromatic nitrogens is 3. The molecule has 0 radical (unpaired) electrons. The maximum absolute atomic E-state index is 11.6. The van der Waals surface area contributed by atoms with Crippen LogP contribution < -0.4 is 5.32 Å². The largest absolute Gasteiger partial charge is 0.356 e. The second kappa shape index (κ2) is 7.70. The summed E-state index contributed by atoms with van der Waals surface area (Å²) >= 11 is 3.28. The van der Waals surface area contributed by atoms with Crippen LogP contribution in [0.1, 0.15) is 37.1 Å². The smallest absolute Gasteiger partial charge is 0.230 e. The van der Waals surface area contributed by atoms with Crippen molar-refractivity contribution in [3.63, 3.8) is 0 Å². The summed E-state index contributed by atoms with van der Waals surface area (Å²) in [6, 6.07) is 2.30. The van der Waals surface area contributed by atoms with Crippen LogP contribution in [-0.4, -0.2) is 33.0 Å². The Morgan fingerprint density at radius 3 is 3.04 bits per heavy atom. The lowest BCUT2D eigenvalue weighted by Gasteiger charge is -2.19. The number of fused-ring (bicyclic) bond motifs is 1. The third kappa shape index (κ3) is 3.67. The van der Waals surface area contributed by atoms with Crippen molar-refractivity contribution < 1.29 is 4.79 Å². The topological polar surface area (TPSA) is 59.8 Å². The van der Waals surface area contributed by atoms with Gasteiger partial charge in [0.1, 0.15) is 0 Å². The number of hydrogen-bond acceptors (Lipinski definition) is 5. The van der Waals surface area contributed by atoms with Crippen LogP contribution in [0.3, 0.4) is 0 Å². The van der Waals surface area contributed by atoms with Crippen LogP contribution in [0.5, 0.6) is 0 Å². The van der Waals surface area contributed by atoms with E-state index in [4.69, 9.17) is 0 Å². The summed E-state index contributed by atoms with van der Waals surface area (Å²) in [6.45, 7) is 4.86. The summed E-state index contributed by atoms with van der Waals surface area (Å²) in [5, 5.41) is 12.2. The number of nitrogens with one attached hydrogen (secondary N) is 1. The fourth-order valence-electron chi connectivity index (χ4n) is 3.09. The summed E-state index contributed by atoms with van der Waals surface area (Å²) in [4.78, 5) is 14.3. The van der Waals surface area contributed by atoms with E-state index in [1.54, 1.807) is 0 Å². The van der Waals surface area contributed by atoms with Crippen molar-refractivity contribution in [2.45, 2.75) is 44.7 Å². The minimum absolute atomic E-state index is 0.0317. The Kier molecular flexibility index (Phi) is 5.61. The highest BCUT2D eigenvalue weighted by molar-refractivity contribution is 7.99. The molecule has 24 heavy (non-hydrogen) atoms. The molecular formula is C17H24N4OS2. The fraction of sp³-hybridized carbons (Fsp3) is 0.588. The highest BCUT2D eigenvalue weighted by Gasteiger charge is 2.22. The van der Waals surface area contributed by atoms with Crippen LogP contribution >= 0.6 is 23.1 Å². The highest BCUT2D eigenvalue weighted by Crippen LogP contribution is 2.37. The van der Waals surface area contributed by atoms with Crippen molar-refractivity contribution in [1.82, 2.24) is 20.1 Å². The number of nitrogens with zero attached hydrogens (tertiary/aromatic N) is 3. The maximum Gasteiger partial charge on any atom is 0.230 e. The molecule has 2 aromatic rings. The Labute approximate surface area is 151 Å². The predicted octanol–water partition coefficient (Wildman–Crippen LogP) is 3.29. The van der Waals surface area contributed by atoms with Gasteiger partial charge in [0, 0.05) is 18.5 Å². The Morgan fingerprint density at radius 1 is 1.46 bits per heavy atom. The molecule has 1 N–H and O–H groups in total. The molecule has 2 aromatic heterocycles. The lowest BCUT2D eigenvalue weighted by atomic mass is 9.87. The van der Waals surface area contributed by atoms with E-state index in [1.807, 2.05) is 29.9 Å². The number of rotatable bonds is 6. The first-order valence-corrected chi connectivity index (χ1v) is 10.3. The predicted molar refractivity (Wildman–Crippen MR) is 99.5 cm³/mol. The van der Waals surface area contributed by atoms with Crippen LogP contribution in [0.2, 0.25) is 0 Å². The van der Waals surface area contributed by atoms with Gasteiger partial charge in [0.25, 0.3) is 0 Å². The fourth-order valence-corrected chi connectivity index (χ4v) is 5.06. The zero-order valence-corrected chi connectivity index (χ0v) is 16.1. The lowest BCUT2D eigenvalue weighted by molar-refractivity contribution is -0.118. The van der Waals surface area contributed by atoms with Gasteiger partial charge in [-0.15, -0.1) is 21.5 Å². The van der Waals surface area contributed by atoms with Gasteiger partial charge in [-0.3, -0.25) is 4.79 Å². The maximum atomic E-state index is 11.6. The molecule has 130 valence electrons. The van der Waals surface area contributed by atoms with Crippen LogP contribution in [0.4, 0.5) is 0 Å². The molecule has 7 heteroatoms. The van der Waals surface area contributed by atoms with E-state index < -0.39 is 0 Å². The van der Waals surface area contributed by atoms with Gasteiger partial charge in [0.2, 0.25) is 5.91 Å². The number of amides is 1. The monoisotopic (exact) mass is 364 g/mol. The molecule has 0 bridgehead atoms. The van der Waals surface area contributed by atoms with E-state index in [0.717, 1.165) is 16.9 Å². The molecule has 5 nitrogen and oxygen atoms in total. The molecule has 1 amide bonds. The minimum Gasteiger partial charge on any atom is -0.356 e. The van der Waals surface area contributed by atoms with E-state index in [2.05, 4.69) is 28.5 Å². The van der Waals surface area contributed by atoms with E-state index in [9.17, 15) is 4.79 Å². The Bertz CT molecular complexity index is 722. The molecule has 0 aliphatic heterocycles. The number of carbonyl (C=O) groups excluding carboxylic acids is 1. The van der Waals surface area contributed by atoms with Crippen molar-refractivity contribution >= 4 is 29.0 Å². The van der Waals surface area contributed by atoms with Gasteiger partial charge in [0.05, 0.1) is 10.6 Å². The van der Waals surface area contributed by atoms with Gasteiger partial charge >= 0.3 is 0 Å². The van der Waals surface area contributed by atoms with E-state index >= 15 is 0 Å². The molecule has 1 atom stereocenters. The Morgan fingerprint density at radius 2 is 2.29 bits per heavy atom. The van der Waals surface area contributed by atoms with Gasteiger partial charge in [0.15, 0.2) is 11.0 Å². The molecule has 0 fully saturated rings. The quantitative estimate of drug-likeness (QED) is 0.799. The second-order valence-corrected chi connectivity index (χ2v) is 8.26. The number of aryl methyl sites for hydroxylation is 1. The standard InChI is InChI=1S/C17H24N4OS2/c1-4-11-6-7-13-12(8-11)9-14(24-13)16-19-20-17(21(16)3)23-10-15(22)18-5-2/h9,11H,4-8,10H2,1-3H3,(H,18,22). The number of hydrogen-bond donors (Lipinski definition) is 1. The van der Waals surface area contributed by atoms with E-state index in [1.165, 1.54) is 52.8 Å². The number of thioether (sulfide) groups is 1. The normalized spacial score (nSPS) is 16.9. The molecule has 0 spiro atoms. The number of carbonyl (C=O) groups is 1. The summed E-state index contributed by atoms with van der Waals surface area (Å²) in [5.74, 6) is 2.13. The van der Waals surface area contributed by atoms with E-state index in [0.29, 0.717) is 12.3 Å². The SMILES string of the molecule is CCNC(=O)CSc1nnc(-c2cc3c(s2)CCC(CC)C3)n1C. The van der Waals surface area contributed by atoms with Crippen molar-refractivity contribution in [3.8, 4) is 10.7 Å². The lowest BCUT2D eigenvalue weighted by Crippen LogP contribution is -2.24. The van der Waals surface area contributed by atoms with Crippen molar-refractivity contribution in [1.29, 1.82) is 0 Å². The van der Waals surface area contributed by atoms with Crippen molar-refractivity contribution in [3.05, 3.63) is 16.5 Å². The van der Waals surface area contributed by atoms with Gasteiger partial charge in [-0.25, -0.2) is 0 Å². The molecule has 0 saturated carbocycles. The van der Waals surface area contributed by atoms with Crippen LogP contribution in [0.25, 0.3) is 10.7 Å². The zero-order valence-electron chi connectivity index (χ0n) is 14.5. The van der Waals surface area contributed by atoms with Gasteiger partial charge < -0.3 is 9.88 Å². The van der Waals surface area contributed by atoms with Gasteiger partial charge in [-0.05, 0) is 43.7 Å². The summed E-state index contributed by atoms with van der Waals surface area (Å²) in [5.41, 5.74) is 1.49. The Balaban J connectivity index is 1.74. The first-order chi connectivity index (χ1) is 11.6. The zero-order chi connectivity index (χ0) is 17.1. The molecule has 0 saturated heterocycles. The van der Waals surface area contributed by atoms with Gasteiger partial charge in [-0.2, -0.15) is 0 Å². The second-order valence-electron chi connectivity index (χ2n) is 6.18. The highest BCUT2D eigenvalue weighted by atomic mass is 32.2. The average molecular weight is 365 g/mol. The number of thiophene rings is 1. The first kappa shape index (κ1) is 17.5. The molecule has 0 aromatic carbocycles. The first-order valence-electron chi connectivity index (χ1n) is 8.53. The molecule has 1 aliphatic carbocycles. The van der Waals surface area contributed by atoms with Crippen LogP contribution in [0, 0.1) is 5.92 Å². The van der Waals surface area contributed by atoms with E-state index in [-0.39, 0.29) is 5.91 Å². The Hall–Kier alpha value is -1.34. The summed E-state index contributed by atoms with van der Waals surface area (Å²) < 4.78 is 2.00. The van der Waals surface area contributed by atoms with Crippen LogP contribution in [-0.2, 0) is 24.7 Å². The average Bonchev–Trinajstić information content (AvgIpc) is 3.15. The minimum atomic E-state index is 0.0317. The van der Waals surface area contributed by atoms with Crippen LogP contribution in [0.15, 0.2) is 11.2 Å².